The fraction of sp³-hybridized carbons (Fsp3) is 0.391. The van der Waals surface area contributed by atoms with Crippen molar-refractivity contribution in [3.8, 4) is 5.75 Å². The molecule has 0 bridgehead atoms. The van der Waals surface area contributed by atoms with Crippen LogP contribution in [0.2, 0.25) is 0 Å². The van der Waals surface area contributed by atoms with Gasteiger partial charge in [0.2, 0.25) is 0 Å². The van der Waals surface area contributed by atoms with Crippen LogP contribution in [0.5, 0.6) is 5.75 Å². The van der Waals surface area contributed by atoms with E-state index in [2.05, 4.69) is 42.5 Å². The van der Waals surface area contributed by atoms with Gasteiger partial charge < -0.3 is 15.1 Å². The Morgan fingerprint density at radius 1 is 1.11 bits per heavy atom. The summed E-state index contributed by atoms with van der Waals surface area (Å²) in [5.74, 6) is 0.744. The summed E-state index contributed by atoms with van der Waals surface area (Å²) in [5, 5.41) is 2.23. The summed E-state index contributed by atoms with van der Waals surface area (Å²) in [6, 6.07) is 15.8. The Labute approximate surface area is 165 Å². The summed E-state index contributed by atoms with van der Waals surface area (Å²) in [4.78, 5) is 1.62. The van der Waals surface area contributed by atoms with Crippen molar-refractivity contribution in [2.24, 2.45) is 0 Å². The maximum absolute atomic E-state index is 14.5. The number of hydrogen-bond donors (Lipinski definition) is 2. The lowest BCUT2D eigenvalue weighted by molar-refractivity contribution is -0.929. The topological polar surface area (TPSA) is 28.9 Å². The standard InChI is InChI=1S/C23H26FN3O/c1-16(2)26-13-11-23(12-14-26)27-21(18-8-4-6-10-22(18)28-23)15-20(25-27)17-7-3-5-9-19(17)24/h3-10,15-16,21,25H,11-14H2,1-2H3/p+1/t21-/m1/s1. The molecule has 0 amide bonds. The van der Waals surface area contributed by atoms with Gasteiger partial charge in [0.1, 0.15) is 11.6 Å². The van der Waals surface area contributed by atoms with Crippen LogP contribution < -0.4 is 15.1 Å². The Hall–Kier alpha value is -2.37. The second-order valence-corrected chi connectivity index (χ2v) is 8.39. The normalized spacial score (nSPS) is 29.1. The lowest BCUT2D eigenvalue weighted by atomic mass is 9.92. The third-order valence-corrected chi connectivity index (χ3v) is 6.47. The maximum atomic E-state index is 14.5. The lowest BCUT2D eigenvalue weighted by Gasteiger charge is -2.51. The van der Waals surface area contributed by atoms with E-state index < -0.39 is 5.72 Å². The molecule has 2 aromatic carbocycles. The van der Waals surface area contributed by atoms with Crippen LogP contribution >= 0.6 is 0 Å². The van der Waals surface area contributed by atoms with E-state index in [0.29, 0.717) is 11.6 Å². The van der Waals surface area contributed by atoms with Crippen LogP contribution in [-0.4, -0.2) is 29.9 Å². The zero-order valence-corrected chi connectivity index (χ0v) is 16.4. The molecule has 1 saturated heterocycles. The molecule has 3 aliphatic heterocycles. The monoisotopic (exact) mass is 380 g/mol. The molecule has 1 spiro atoms. The molecule has 1 atom stereocenters. The van der Waals surface area contributed by atoms with Gasteiger partial charge in [0.15, 0.2) is 5.72 Å². The number of nitrogens with one attached hydrogen (secondary N) is 2. The van der Waals surface area contributed by atoms with Gasteiger partial charge >= 0.3 is 0 Å². The number of fused-ring (bicyclic) bond motifs is 4. The molecule has 0 radical (unpaired) electrons. The van der Waals surface area contributed by atoms with Crippen LogP contribution in [0.1, 0.15) is 43.9 Å². The van der Waals surface area contributed by atoms with E-state index in [1.165, 1.54) is 6.07 Å². The van der Waals surface area contributed by atoms with Crippen LogP contribution in [0.25, 0.3) is 5.70 Å². The summed E-state index contributed by atoms with van der Waals surface area (Å²) in [6.07, 6.45) is 4.02. The number of ether oxygens (including phenoxy) is 1. The van der Waals surface area contributed by atoms with E-state index in [0.717, 1.165) is 42.9 Å². The third-order valence-electron chi connectivity index (χ3n) is 6.47. The van der Waals surface area contributed by atoms with Crippen LogP contribution in [0.4, 0.5) is 4.39 Å². The summed E-state index contributed by atoms with van der Waals surface area (Å²) < 4.78 is 21.1. The number of quaternary nitrogens is 1. The molecule has 0 saturated carbocycles. The number of nitrogens with zero attached hydrogens (tertiary/aromatic N) is 1. The average Bonchev–Trinajstić information content (AvgIpc) is 3.15. The number of hydrogen-bond acceptors (Lipinski definition) is 3. The SMILES string of the molecule is CC(C)[NH+]1CCC2(CC1)Oc1ccccc1[C@H]1C=C(c3ccccc3F)NN12. The highest BCUT2D eigenvalue weighted by molar-refractivity contribution is 5.68. The van der Waals surface area contributed by atoms with Crippen molar-refractivity contribution in [1.29, 1.82) is 0 Å². The summed E-state index contributed by atoms with van der Waals surface area (Å²) >= 11 is 0. The minimum atomic E-state index is -0.402. The molecule has 4 nitrogen and oxygen atoms in total. The summed E-state index contributed by atoms with van der Waals surface area (Å²) in [7, 11) is 0. The smallest absolute Gasteiger partial charge is 0.191 e. The Balaban J connectivity index is 1.54. The number of benzene rings is 2. The molecule has 2 aromatic rings. The number of rotatable bonds is 2. The molecule has 5 rings (SSSR count). The second-order valence-electron chi connectivity index (χ2n) is 8.39. The zero-order valence-electron chi connectivity index (χ0n) is 16.4. The van der Waals surface area contributed by atoms with Gasteiger partial charge in [0.25, 0.3) is 0 Å². The van der Waals surface area contributed by atoms with Crippen molar-refractivity contribution < 1.29 is 14.0 Å². The molecular formula is C23H27FN3O+. The lowest BCUT2D eigenvalue weighted by Crippen LogP contribution is -3.16. The minimum absolute atomic E-state index is 0.0418. The highest BCUT2D eigenvalue weighted by atomic mass is 19.1. The van der Waals surface area contributed by atoms with Crippen molar-refractivity contribution in [1.82, 2.24) is 10.4 Å². The summed E-state index contributed by atoms with van der Waals surface area (Å²) in [5.41, 5.74) is 5.67. The van der Waals surface area contributed by atoms with Crippen molar-refractivity contribution in [2.45, 2.75) is 44.5 Å². The molecule has 0 unspecified atom stereocenters. The number of hydrazine groups is 1. The number of likely N-dealkylation sites (tertiary alicyclic amines) is 1. The van der Waals surface area contributed by atoms with Crippen LogP contribution in [0.15, 0.2) is 54.6 Å². The molecule has 3 heterocycles. The molecule has 3 aliphatic rings. The minimum Gasteiger partial charge on any atom is -0.470 e. The van der Waals surface area contributed by atoms with Crippen LogP contribution in [0.3, 0.4) is 0 Å². The summed E-state index contributed by atoms with van der Waals surface area (Å²) in [6.45, 7) is 6.69. The predicted octanol–water partition coefficient (Wildman–Crippen LogP) is 2.90. The van der Waals surface area contributed by atoms with Crippen LogP contribution in [0, 0.1) is 5.82 Å². The van der Waals surface area contributed by atoms with E-state index in [9.17, 15) is 4.39 Å². The van der Waals surface area contributed by atoms with Crippen LogP contribution in [-0.2, 0) is 0 Å². The molecule has 0 aliphatic carbocycles. The highest BCUT2D eigenvalue weighted by Crippen LogP contribution is 2.47. The van der Waals surface area contributed by atoms with Crippen molar-refractivity contribution in [3.63, 3.8) is 0 Å². The first-order chi connectivity index (χ1) is 13.6. The molecule has 2 N–H and O–H groups in total. The average molecular weight is 380 g/mol. The molecule has 5 heteroatoms. The van der Waals surface area contributed by atoms with E-state index in [4.69, 9.17) is 4.74 Å². The maximum Gasteiger partial charge on any atom is 0.191 e. The largest absolute Gasteiger partial charge is 0.470 e. The Kier molecular flexibility index (Phi) is 4.18. The van der Waals surface area contributed by atoms with Gasteiger partial charge in [-0.2, -0.15) is 5.01 Å². The number of halogens is 1. The van der Waals surface area contributed by atoms with Crippen molar-refractivity contribution >= 4 is 5.70 Å². The molecule has 1 fully saturated rings. The van der Waals surface area contributed by atoms with Gasteiger partial charge in [0, 0.05) is 11.1 Å². The molecule has 28 heavy (non-hydrogen) atoms. The first-order valence-corrected chi connectivity index (χ1v) is 10.2. The van der Waals surface area contributed by atoms with Crippen molar-refractivity contribution in [3.05, 3.63) is 71.6 Å². The first kappa shape index (κ1) is 17.7. The fourth-order valence-electron chi connectivity index (χ4n) is 4.84. The zero-order chi connectivity index (χ0) is 19.3. The molecule has 0 aromatic heterocycles. The Morgan fingerprint density at radius 3 is 2.57 bits per heavy atom. The first-order valence-electron chi connectivity index (χ1n) is 10.2. The molecular weight excluding hydrogens is 353 g/mol. The van der Waals surface area contributed by atoms with E-state index >= 15 is 0 Å². The Bertz CT molecular complexity index is 918. The van der Waals surface area contributed by atoms with Gasteiger partial charge in [0.05, 0.1) is 43.7 Å². The van der Waals surface area contributed by atoms with E-state index in [1.54, 1.807) is 11.0 Å². The third kappa shape index (κ3) is 2.73. The second kappa shape index (κ2) is 6.61. The predicted molar refractivity (Wildman–Crippen MR) is 107 cm³/mol. The van der Waals surface area contributed by atoms with Crippen molar-refractivity contribution in [2.75, 3.05) is 13.1 Å². The Morgan fingerprint density at radius 2 is 1.82 bits per heavy atom. The quantitative estimate of drug-likeness (QED) is 0.840. The van der Waals surface area contributed by atoms with Gasteiger partial charge in [-0.15, -0.1) is 0 Å². The highest BCUT2D eigenvalue weighted by Gasteiger charge is 2.52. The van der Waals surface area contributed by atoms with Gasteiger partial charge in [-0.3, -0.25) is 0 Å². The van der Waals surface area contributed by atoms with Gasteiger partial charge in [-0.05, 0) is 38.1 Å². The van der Waals surface area contributed by atoms with E-state index in [-0.39, 0.29) is 11.9 Å². The van der Waals surface area contributed by atoms with E-state index in [1.807, 2.05) is 24.3 Å². The number of piperidine rings is 1. The number of para-hydroxylation sites is 1. The van der Waals surface area contributed by atoms with Gasteiger partial charge in [-0.1, -0.05) is 30.3 Å². The fourth-order valence-corrected chi connectivity index (χ4v) is 4.84. The molecule has 146 valence electrons. The van der Waals surface area contributed by atoms with Gasteiger partial charge in [-0.25, -0.2) is 4.39 Å².